The zero-order valence-electron chi connectivity index (χ0n) is 12.3. The Morgan fingerprint density at radius 2 is 1.61 bits per heavy atom. The molecule has 0 aliphatic rings. The Labute approximate surface area is 111 Å². The summed E-state index contributed by atoms with van der Waals surface area (Å²) < 4.78 is 13.8. The van der Waals surface area contributed by atoms with Crippen LogP contribution in [0.25, 0.3) is 0 Å². The summed E-state index contributed by atoms with van der Waals surface area (Å²) in [6.07, 6.45) is 2.15. The van der Waals surface area contributed by atoms with Crippen molar-refractivity contribution in [1.82, 2.24) is 0 Å². The van der Waals surface area contributed by atoms with Crippen LogP contribution in [0.5, 0.6) is 0 Å². The molecule has 1 rings (SSSR count). The van der Waals surface area contributed by atoms with Gasteiger partial charge in [-0.05, 0) is 43.2 Å². The van der Waals surface area contributed by atoms with E-state index in [1.807, 2.05) is 13.0 Å². The van der Waals surface area contributed by atoms with Crippen LogP contribution < -0.4 is 5.32 Å². The van der Waals surface area contributed by atoms with Crippen LogP contribution in [-0.2, 0) is 0 Å². The minimum atomic E-state index is -0.146. The van der Waals surface area contributed by atoms with Crippen LogP contribution in [0.4, 0.5) is 10.1 Å². The van der Waals surface area contributed by atoms with Gasteiger partial charge in [-0.3, -0.25) is 0 Å². The molecule has 0 spiro atoms. The van der Waals surface area contributed by atoms with E-state index in [9.17, 15) is 4.39 Å². The predicted octanol–water partition coefficient (Wildman–Crippen LogP) is 5.01. The topological polar surface area (TPSA) is 12.0 Å². The SMILES string of the molecule is Cc1cccc(F)c1NC(CC(C)C)CC(C)C. The third-order valence-corrected chi connectivity index (χ3v) is 3.08. The van der Waals surface area contributed by atoms with E-state index in [0.717, 1.165) is 18.4 Å². The van der Waals surface area contributed by atoms with E-state index < -0.39 is 0 Å². The molecule has 102 valence electrons. The third-order valence-electron chi connectivity index (χ3n) is 3.08. The van der Waals surface area contributed by atoms with Crippen LogP contribution in [0.3, 0.4) is 0 Å². The fourth-order valence-corrected chi connectivity index (χ4v) is 2.37. The standard InChI is InChI=1S/C16H26FN/c1-11(2)9-14(10-12(3)4)18-16-13(5)7-6-8-15(16)17/h6-8,11-12,14,18H,9-10H2,1-5H3. The van der Waals surface area contributed by atoms with E-state index >= 15 is 0 Å². The maximum absolute atomic E-state index is 13.8. The summed E-state index contributed by atoms with van der Waals surface area (Å²) in [5.41, 5.74) is 1.65. The molecule has 0 radical (unpaired) electrons. The fourth-order valence-electron chi connectivity index (χ4n) is 2.37. The summed E-state index contributed by atoms with van der Waals surface area (Å²) in [5.74, 6) is 1.09. The Hall–Kier alpha value is -1.05. The van der Waals surface area contributed by atoms with E-state index in [-0.39, 0.29) is 5.82 Å². The lowest BCUT2D eigenvalue weighted by Gasteiger charge is -2.24. The maximum atomic E-state index is 13.8. The molecule has 0 aromatic heterocycles. The quantitative estimate of drug-likeness (QED) is 0.749. The molecule has 0 bridgehead atoms. The van der Waals surface area contributed by atoms with Crippen LogP contribution in [0.1, 0.15) is 46.1 Å². The van der Waals surface area contributed by atoms with Gasteiger partial charge in [-0.1, -0.05) is 39.8 Å². The van der Waals surface area contributed by atoms with Crippen LogP contribution in [0.2, 0.25) is 0 Å². The molecule has 0 amide bonds. The van der Waals surface area contributed by atoms with Crippen molar-refractivity contribution in [2.24, 2.45) is 11.8 Å². The summed E-state index contributed by atoms with van der Waals surface area (Å²) >= 11 is 0. The second-order valence-electron chi connectivity index (χ2n) is 6.03. The Morgan fingerprint density at radius 1 is 1.06 bits per heavy atom. The van der Waals surface area contributed by atoms with Crippen molar-refractivity contribution in [1.29, 1.82) is 0 Å². The number of anilines is 1. The van der Waals surface area contributed by atoms with Gasteiger partial charge in [0.15, 0.2) is 0 Å². The average molecular weight is 251 g/mol. The van der Waals surface area contributed by atoms with Crippen molar-refractivity contribution in [2.75, 3.05) is 5.32 Å². The molecule has 0 saturated carbocycles. The zero-order chi connectivity index (χ0) is 13.7. The molecule has 1 N–H and O–H groups in total. The highest BCUT2D eigenvalue weighted by Gasteiger charge is 2.15. The molecule has 0 heterocycles. The van der Waals surface area contributed by atoms with Crippen LogP contribution in [-0.4, -0.2) is 6.04 Å². The molecule has 0 aliphatic heterocycles. The summed E-state index contributed by atoms with van der Waals surface area (Å²) in [6.45, 7) is 10.8. The lowest BCUT2D eigenvalue weighted by atomic mass is 9.95. The Morgan fingerprint density at radius 3 is 2.06 bits per heavy atom. The van der Waals surface area contributed by atoms with Gasteiger partial charge in [-0.25, -0.2) is 4.39 Å². The van der Waals surface area contributed by atoms with Gasteiger partial charge in [0.1, 0.15) is 5.82 Å². The molecule has 1 nitrogen and oxygen atoms in total. The van der Waals surface area contributed by atoms with E-state index in [1.165, 1.54) is 6.07 Å². The molecular formula is C16H26FN. The number of nitrogens with one attached hydrogen (secondary N) is 1. The monoisotopic (exact) mass is 251 g/mol. The second kappa shape index (κ2) is 6.77. The minimum Gasteiger partial charge on any atom is -0.380 e. The van der Waals surface area contributed by atoms with Gasteiger partial charge in [-0.2, -0.15) is 0 Å². The third kappa shape index (κ3) is 4.67. The van der Waals surface area contributed by atoms with Gasteiger partial charge < -0.3 is 5.32 Å². The molecule has 0 unspecified atom stereocenters. The first-order valence-electron chi connectivity index (χ1n) is 6.91. The van der Waals surface area contributed by atoms with Gasteiger partial charge in [0.05, 0.1) is 5.69 Å². The van der Waals surface area contributed by atoms with Gasteiger partial charge in [0.25, 0.3) is 0 Å². The lowest BCUT2D eigenvalue weighted by molar-refractivity contribution is 0.440. The normalized spacial score (nSPS) is 11.6. The maximum Gasteiger partial charge on any atom is 0.146 e. The number of benzene rings is 1. The predicted molar refractivity (Wildman–Crippen MR) is 77.5 cm³/mol. The fraction of sp³-hybridized carbons (Fsp3) is 0.625. The van der Waals surface area contributed by atoms with Gasteiger partial charge >= 0.3 is 0 Å². The van der Waals surface area contributed by atoms with E-state index in [4.69, 9.17) is 0 Å². The molecule has 18 heavy (non-hydrogen) atoms. The number of halogens is 1. The molecule has 0 fully saturated rings. The molecule has 1 aromatic rings. The van der Waals surface area contributed by atoms with Crippen molar-refractivity contribution >= 4 is 5.69 Å². The van der Waals surface area contributed by atoms with Crippen molar-refractivity contribution in [3.8, 4) is 0 Å². The van der Waals surface area contributed by atoms with E-state index in [2.05, 4.69) is 33.0 Å². The Balaban J connectivity index is 2.81. The Bertz CT molecular complexity index is 341. The molecular weight excluding hydrogens is 225 g/mol. The summed E-state index contributed by atoms with van der Waals surface area (Å²) in [6, 6.07) is 5.58. The lowest BCUT2D eigenvalue weighted by Crippen LogP contribution is -2.24. The molecule has 0 saturated heterocycles. The Kier molecular flexibility index (Phi) is 5.64. The molecule has 1 aromatic carbocycles. The van der Waals surface area contributed by atoms with Crippen LogP contribution >= 0.6 is 0 Å². The number of rotatable bonds is 6. The summed E-state index contributed by atoms with van der Waals surface area (Å²) in [5, 5.41) is 3.40. The van der Waals surface area contributed by atoms with Crippen molar-refractivity contribution in [3.05, 3.63) is 29.6 Å². The summed E-state index contributed by atoms with van der Waals surface area (Å²) in [7, 11) is 0. The first-order valence-corrected chi connectivity index (χ1v) is 6.91. The number of aryl methyl sites for hydroxylation is 1. The van der Waals surface area contributed by atoms with Crippen LogP contribution in [0, 0.1) is 24.6 Å². The van der Waals surface area contributed by atoms with E-state index in [0.29, 0.717) is 23.6 Å². The van der Waals surface area contributed by atoms with Gasteiger partial charge in [0, 0.05) is 6.04 Å². The second-order valence-corrected chi connectivity index (χ2v) is 6.03. The van der Waals surface area contributed by atoms with E-state index in [1.54, 1.807) is 6.07 Å². The van der Waals surface area contributed by atoms with Crippen LogP contribution in [0.15, 0.2) is 18.2 Å². The van der Waals surface area contributed by atoms with Gasteiger partial charge in [-0.15, -0.1) is 0 Å². The first kappa shape index (κ1) is 15.0. The van der Waals surface area contributed by atoms with Gasteiger partial charge in [0.2, 0.25) is 0 Å². The smallest absolute Gasteiger partial charge is 0.146 e. The average Bonchev–Trinajstić information content (AvgIpc) is 2.21. The largest absolute Gasteiger partial charge is 0.380 e. The first-order chi connectivity index (χ1) is 8.40. The number of hydrogen-bond donors (Lipinski definition) is 1. The summed E-state index contributed by atoms with van der Waals surface area (Å²) in [4.78, 5) is 0. The highest BCUT2D eigenvalue weighted by atomic mass is 19.1. The molecule has 2 heteroatoms. The highest BCUT2D eigenvalue weighted by Crippen LogP contribution is 2.24. The number of hydrogen-bond acceptors (Lipinski definition) is 1. The molecule has 0 atom stereocenters. The van der Waals surface area contributed by atoms with Crippen molar-refractivity contribution in [2.45, 2.75) is 53.5 Å². The zero-order valence-corrected chi connectivity index (χ0v) is 12.3. The minimum absolute atomic E-state index is 0.146. The molecule has 0 aliphatic carbocycles. The van der Waals surface area contributed by atoms with Crippen molar-refractivity contribution in [3.63, 3.8) is 0 Å². The highest BCUT2D eigenvalue weighted by molar-refractivity contribution is 5.52. The van der Waals surface area contributed by atoms with Crippen molar-refractivity contribution < 1.29 is 4.39 Å². The number of para-hydroxylation sites is 1.